The van der Waals surface area contributed by atoms with E-state index in [1.807, 2.05) is 0 Å². The van der Waals surface area contributed by atoms with E-state index in [1.165, 1.54) is 44.2 Å². The van der Waals surface area contributed by atoms with Gasteiger partial charge in [0, 0.05) is 37.4 Å². The number of nitrogens with zero attached hydrogens (tertiary/aromatic N) is 2. The van der Waals surface area contributed by atoms with Crippen molar-refractivity contribution in [1.29, 1.82) is 0 Å². The maximum atomic E-state index is 13.4. The van der Waals surface area contributed by atoms with Crippen molar-refractivity contribution in [2.45, 2.75) is 44.6 Å². The van der Waals surface area contributed by atoms with Gasteiger partial charge in [-0.3, -0.25) is 4.99 Å². The lowest BCUT2D eigenvalue weighted by Crippen LogP contribution is -2.41. The monoisotopic (exact) mass is 336 g/mol. The molecule has 1 saturated carbocycles. The Balaban J connectivity index is 1.48. The lowest BCUT2D eigenvalue weighted by molar-refractivity contribution is 0.412. The molecular weight excluding hydrogens is 310 g/mol. The molecule has 1 heterocycles. The summed E-state index contributed by atoms with van der Waals surface area (Å²) in [5, 5.41) is 3.32. The zero-order valence-corrected chi connectivity index (χ0v) is 14.0. The van der Waals surface area contributed by atoms with Gasteiger partial charge >= 0.3 is 0 Å². The lowest BCUT2D eigenvalue weighted by Gasteiger charge is -2.23. The fraction of sp³-hybridized carbons (Fsp3) is 0.611. The van der Waals surface area contributed by atoms with Gasteiger partial charge < -0.3 is 16.0 Å². The number of nitrogens with one attached hydrogen (secondary N) is 1. The highest BCUT2D eigenvalue weighted by Crippen LogP contribution is 2.25. The van der Waals surface area contributed by atoms with Gasteiger partial charge in [-0.15, -0.1) is 0 Å². The van der Waals surface area contributed by atoms with E-state index >= 15 is 0 Å². The smallest absolute Gasteiger partial charge is 0.188 e. The van der Waals surface area contributed by atoms with Gasteiger partial charge in [0.2, 0.25) is 0 Å². The van der Waals surface area contributed by atoms with Gasteiger partial charge in [-0.05, 0) is 37.3 Å². The molecule has 1 atom stereocenters. The lowest BCUT2D eigenvalue weighted by atomic mass is 9.96. The Morgan fingerprint density at radius 1 is 1.17 bits per heavy atom. The van der Waals surface area contributed by atoms with Crippen LogP contribution in [0.2, 0.25) is 0 Å². The molecule has 1 aromatic rings. The quantitative estimate of drug-likeness (QED) is 0.656. The van der Waals surface area contributed by atoms with Gasteiger partial charge in [0.1, 0.15) is 0 Å². The van der Waals surface area contributed by atoms with Gasteiger partial charge in [-0.2, -0.15) is 0 Å². The zero-order valence-electron chi connectivity index (χ0n) is 14.0. The molecule has 3 rings (SSSR count). The van der Waals surface area contributed by atoms with Crippen LogP contribution in [0.5, 0.6) is 0 Å². The second-order valence-corrected chi connectivity index (χ2v) is 6.90. The first-order chi connectivity index (χ1) is 11.6. The zero-order chi connectivity index (χ0) is 16.9. The molecule has 0 amide bonds. The molecule has 1 saturated heterocycles. The molecule has 0 radical (unpaired) electrons. The molecule has 0 spiro atoms. The standard InChI is InChI=1S/C18H26F2N4/c19-16-7-6-15(10-17(16)20)24-9-8-13(12-24)11-22-18(21)23-14-4-2-1-3-5-14/h6-7,10,13-14H,1-5,8-9,11-12H2,(H3,21,22,23). The highest BCUT2D eigenvalue weighted by molar-refractivity contribution is 5.78. The molecule has 6 heteroatoms. The van der Waals surface area contributed by atoms with Gasteiger partial charge in [0.15, 0.2) is 17.6 Å². The summed E-state index contributed by atoms with van der Waals surface area (Å²) in [5.41, 5.74) is 6.73. The molecule has 24 heavy (non-hydrogen) atoms. The third-order valence-corrected chi connectivity index (χ3v) is 5.03. The third kappa shape index (κ3) is 4.36. The first-order valence-electron chi connectivity index (χ1n) is 8.88. The Kier molecular flexibility index (Phi) is 5.53. The van der Waals surface area contributed by atoms with Crippen LogP contribution in [0.1, 0.15) is 38.5 Å². The minimum Gasteiger partial charge on any atom is -0.371 e. The number of nitrogens with two attached hydrogens (primary N) is 1. The molecule has 2 aliphatic rings. The molecule has 1 aromatic carbocycles. The minimum absolute atomic E-state index is 0.393. The molecule has 0 bridgehead atoms. The number of hydrogen-bond donors (Lipinski definition) is 2. The first kappa shape index (κ1) is 17.0. The summed E-state index contributed by atoms with van der Waals surface area (Å²) < 4.78 is 26.4. The van der Waals surface area contributed by atoms with Gasteiger partial charge in [-0.1, -0.05) is 19.3 Å². The fourth-order valence-electron chi connectivity index (χ4n) is 3.63. The molecule has 2 fully saturated rings. The van der Waals surface area contributed by atoms with Crippen molar-refractivity contribution >= 4 is 11.6 Å². The van der Waals surface area contributed by atoms with E-state index in [0.717, 1.165) is 25.2 Å². The summed E-state index contributed by atoms with van der Waals surface area (Å²) in [5.74, 6) is -0.673. The van der Waals surface area contributed by atoms with E-state index in [-0.39, 0.29) is 0 Å². The Labute approximate surface area is 142 Å². The highest BCUT2D eigenvalue weighted by Gasteiger charge is 2.23. The number of halogens is 2. The van der Waals surface area contributed by atoms with Crippen LogP contribution in [0.4, 0.5) is 14.5 Å². The maximum absolute atomic E-state index is 13.4. The summed E-state index contributed by atoms with van der Waals surface area (Å²) in [7, 11) is 0. The van der Waals surface area contributed by atoms with Crippen molar-refractivity contribution in [3.05, 3.63) is 29.8 Å². The van der Waals surface area contributed by atoms with Crippen LogP contribution < -0.4 is 16.0 Å². The number of aliphatic imine (C=N–C) groups is 1. The molecule has 4 nitrogen and oxygen atoms in total. The average Bonchev–Trinajstić information content (AvgIpc) is 3.05. The van der Waals surface area contributed by atoms with Crippen LogP contribution in [0.15, 0.2) is 23.2 Å². The number of anilines is 1. The SMILES string of the molecule is NC(=NCC1CCN(c2ccc(F)c(F)c2)C1)NC1CCCCC1. The maximum Gasteiger partial charge on any atom is 0.188 e. The fourth-order valence-corrected chi connectivity index (χ4v) is 3.63. The molecule has 3 N–H and O–H groups in total. The summed E-state index contributed by atoms with van der Waals surface area (Å²) in [6.07, 6.45) is 7.16. The summed E-state index contributed by atoms with van der Waals surface area (Å²) in [6.45, 7) is 2.30. The van der Waals surface area contributed by atoms with Gasteiger partial charge in [-0.25, -0.2) is 8.78 Å². The van der Waals surface area contributed by atoms with Crippen molar-refractivity contribution < 1.29 is 8.78 Å². The summed E-state index contributed by atoms with van der Waals surface area (Å²) in [6, 6.07) is 4.54. The number of guanidine groups is 1. The third-order valence-electron chi connectivity index (χ3n) is 5.03. The Bertz CT molecular complexity index is 584. The van der Waals surface area contributed by atoms with Crippen LogP contribution in [0.3, 0.4) is 0 Å². The molecule has 1 aliphatic heterocycles. The largest absolute Gasteiger partial charge is 0.371 e. The van der Waals surface area contributed by atoms with Crippen LogP contribution in [0, 0.1) is 17.6 Å². The van der Waals surface area contributed by atoms with Crippen molar-refractivity contribution in [3.63, 3.8) is 0 Å². The second-order valence-electron chi connectivity index (χ2n) is 6.90. The molecule has 0 aromatic heterocycles. The number of benzene rings is 1. The van der Waals surface area contributed by atoms with Crippen LogP contribution >= 0.6 is 0 Å². The summed E-state index contributed by atoms with van der Waals surface area (Å²) >= 11 is 0. The molecule has 1 unspecified atom stereocenters. The van der Waals surface area contributed by atoms with Crippen molar-refractivity contribution in [1.82, 2.24) is 5.32 Å². The normalized spacial score (nSPS) is 22.8. The van der Waals surface area contributed by atoms with E-state index < -0.39 is 11.6 Å². The first-order valence-corrected chi connectivity index (χ1v) is 8.88. The van der Waals surface area contributed by atoms with Gasteiger partial charge in [0.25, 0.3) is 0 Å². The molecule has 132 valence electrons. The van der Waals surface area contributed by atoms with Crippen LogP contribution in [-0.4, -0.2) is 31.6 Å². The summed E-state index contributed by atoms with van der Waals surface area (Å²) in [4.78, 5) is 6.56. The van der Waals surface area contributed by atoms with E-state index in [0.29, 0.717) is 24.5 Å². The Morgan fingerprint density at radius 3 is 2.71 bits per heavy atom. The van der Waals surface area contributed by atoms with Crippen molar-refractivity contribution in [3.8, 4) is 0 Å². The highest BCUT2D eigenvalue weighted by atomic mass is 19.2. The van der Waals surface area contributed by atoms with Crippen LogP contribution in [-0.2, 0) is 0 Å². The number of rotatable bonds is 4. The Morgan fingerprint density at radius 2 is 1.96 bits per heavy atom. The average molecular weight is 336 g/mol. The van der Waals surface area contributed by atoms with E-state index in [4.69, 9.17) is 5.73 Å². The second kappa shape index (κ2) is 7.81. The predicted octanol–water partition coefficient (Wildman–Crippen LogP) is 3.03. The van der Waals surface area contributed by atoms with Crippen molar-refractivity contribution in [2.75, 3.05) is 24.5 Å². The van der Waals surface area contributed by atoms with E-state index in [9.17, 15) is 8.78 Å². The van der Waals surface area contributed by atoms with Gasteiger partial charge in [0.05, 0.1) is 0 Å². The van der Waals surface area contributed by atoms with E-state index in [2.05, 4.69) is 15.2 Å². The topological polar surface area (TPSA) is 53.6 Å². The Hall–Kier alpha value is -1.85. The van der Waals surface area contributed by atoms with Crippen LogP contribution in [0.25, 0.3) is 0 Å². The predicted molar refractivity (Wildman–Crippen MR) is 93.2 cm³/mol. The molecular formula is C18H26F2N4. The van der Waals surface area contributed by atoms with Crippen molar-refractivity contribution in [2.24, 2.45) is 16.6 Å². The minimum atomic E-state index is -0.805. The van der Waals surface area contributed by atoms with E-state index in [1.54, 1.807) is 6.07 Å². The molecule has 1 aliphatic carbocycles. The number of hydrogen-bond acceptors (Lipinski definition) is 2.